The van der Waals surface area contributed by atoms with Gasteiger partial charge in [-0.3, -0.25) is 4.79 Å². The van der Waals surface area contributed by atoms with Crippen LogP contribution in [0.1, 0.15) is 33.1 Å². The Bertz CT molecular complexity index is 290. The third-order valence-corrected chi connectivity index (χ3v) is 1.51. The van der Waals surface area contributed by atoms with Crippen molar-refractivity contribution in [3.05, 3.63) is 11.8 Å². The van der Waals surface area contributed by atoms with Crippen molar-refractivity contribution in [2.45, 2.75) is 33.1 Å². The number of ether oxygens (including phenoxy) is 1. The molecule has 0 aliphatic carbocycles. The molecular formula is C10H14O5. The zero-order valence-corrected chi connectivity index (χ0v) is 8.78. The number of hydrogen-bond donors (Lipinski definition) is 1. The topological polar surface area (TPSA) is 80.7 Å². The van der Waals surface area contributed by atoms with Crippen molar-refractivity contribution in [3.8, 4) is 0 Å². The fourth-order valence-electron chi connectivity index (χ4n) is 0.844. The number of hydrogen-bond acceptors (Lipinski definition) is 4. The standard InChI is InChI=1S/C10H14O5/c1-3-5-7(11)10(14)15-8(6-4-2)9(12)13/h6H,3-5H2,1-2H3,(H,12,13). The lowest BCUT2D eigenvalue weighted by Crippen LogP contribution is -2.19. The van der Waals surface area contributed by atoms with Gasteiger partial charge in [-0.15, -0.1) is 0 Å². The highest BCUT2D eigenvalue weighted by atomic mass is 16.6. The number of carboxylic acid groups (broad SMARTS) is 1. The summed E-state index contributed by atoms with van der Waals surface area (Å²) in [7, 11) is 0. The molecule has 84 valence electrons. The Morgan fingerprint density at radius 3 is 2.27 bits per heavy atom. The number of rotatable bonds is 6. The number of allylic oxidation sites excluding steroid dienone is 1. The van der Waals surface area contributed by atoms with Gasteiger partial charge in [0, 0.05) is 6.42 Å². The van der Waals surface area contributed by atoms with Gasteiger partial charge in [0.25, 0.3) is 0 Å². The van der Waals surface area contributed by atoms with Gasteiger partial charge in [-0.05, 0) is 18.9 Å². The minimum Gasteiger partial charge on any atom is -0.475 e. The first-order valence-electron chi connectivity index (χ1n) is 4.71. The predicted molar refractivity (Wildman–Crippen MR) is 52.0 cm³/mol. The van der Waals surface area contributed by atoms with E-state index in [1.807, 2.05) is 0 Å². The van der Waals surface area contributed by atoms with Gasteiger partial charge in [0.15, 0.2) is 0 Å². The second kappa shape index (κ2) is 6.75. The lowest BCUT2D eigenvalue weighted by atomic mass is 10.2. The number of carbonyl (C=O) groups is 3. The molecule has 0 heterocycles. The number of carboxylic acids is 1. The number of carbonyl (C=O) groups excluding carboxylic acids is 2. The summed E-state index contributed by atoms with van der Waals surface area (Å²) < 4.78 is 4.44. The average molecular weight is 214 g/mol. The molecule has 0 radical (unpaired) electrons. The Balaban J connectivity index is 4.43. The predicted octanol–water partition coefficient (Wildman–Crippen LogP) is 1.28. The molecule has 0 bridgehead atoms. The van der Waals surface area contributed by atoms with Gasteiger partial charge in [-0.1, -0.05) is 13.8 Å². The molecule has 0 atom stereocenters. The van der Waals surface area contributed by atoms with E-state index in [2.05, 4.69) is 4.74 Å². The third-order valence-electron chi connectivity index (χ3n) is 1.51. The van der Waals surface area contributed by atoms with Crippen molar-refractivity contribution in [2.24, 2.45) is 0 Å². The third kappa shape index (κ3) is 4.95. The molecule has 0 aliphatic rings. The first kappa shape index (κ1) is 13.4. The van der Waals surface area contributed by atoms with Gasteiger partial charge < -0.3 is 9.84 Å². The van der Waals surface area contributed by atoms with Crippen LogP contribution >= 0.6 is 0 Å². The lowest BCUT2D eigenvalue weighted by Gasteiger charge is -2.02. The van der Waals surface area contributed by atoms with Crippen molar-refractivity contribution in [3.63, 3.8) is 0 Å². The molecule has 0 unspecified atom stereocenters. The van der Waals surface area contributed by atoms with Crippen LogP contribution in [0.5, 0.6) is 0 Å². The molecule has 0 aromatic carbocycles. The van der Waals surface area contributed by atoms with Crippen LogP contribution in [0, 0.1) is 0 Å². The van der Waals surface area contributed by atoms with Crippen LogP contribution in [0.3, 0.4) is 0 Å². The average Bonchev–Trinajstić information content (AvgIpc) is 2.17. The Hall–Kier alpha value is -1.65. The zero-order chi connectivity index (χ0) is 11.8. The van der Waals surface area contributed by atoms with Crippen molar-refractivity contribution in [2.75, 3.05) is 0 Å². The molecule has 0 fully saturated rings. The van der Waals surface area contributed by atoms with E-state index in [9.17, 15) is 14.4 Å². The van der Waals surface area contributed by atoms with Crippen LogP contribution in [-0.4, -0.2) is 22.8 Å². The molecule has 0 saturated carbocycles. The van der Waals surface area contributed by atoms with Crippen molar-refractivity contribution >= 4 is 17.7 Å². The second-order valence-electron chi connectivity index (χ2n) is 2.84. The Labute approximate surface area is 87.7 Å². The van der Waals surface area contributed by atoms with Crippen molar-refractivity contribution in [1.29, 1.82) is 0 Å². The van der Waals surface area contributed by atoms with Crippen molar-refractivity contribution < 1.29 is 24.2 Å². The molecule has 0 rings (SSSR count). The largest absolute Gasteiger partial charge is 0.475 e. The molecule has 0 amide bonds. The van der Waals surface area contributed by atoms with Crippen LogP contribution in [0.15, 0.2) is 11.8 Å². The maximum Gasteiger partial charge on any atom is 0.380 e. The molecule has 0 spiro atoms. The smallest absolute Gasteiger partial charge is 0.380 e. The summed E-state index contributed by atoms with van der Waals surface area (Å²) >= 11 is 0. The zero-order valence-electron chi connectivity index (χ0n) is 8.78. The molecule has 15 heavy (non-hydrogen) atoms. The molecule has 0 saturated heterocycles. The van der Waals surface area contributed by atoms with E-state index in [0.717, 1.165) is 0 Å². The summed E-state index contributed by atoms with van der Waals surface area (Å²) in [5, 5.41) is 8.61. The molecule has 1 N–H and O–H groups in total. The molecule has 0 aliphatic heterocycles. The number of esters is 1. The first-order chi connectivity index (χ1) is 7.02. The summed E-state index contributed by atoms with van der Waals surface area (Å²) in [6.07, 6.45) is 2.24. The Morgan fingerprint density at radius 1 is 1.27 bits per heavy atom. The fraction of sp³-hybridized carbons (Fsp3) is 0.500. The summed E-state index contributed by atoms with van der Waals surface area (Å²) in [6, 6.07) is 0. The van der Waals surface area contributed by atoms with Crippen LogP contribution in [-0.2, 0) is 19.1 Å². The maximum absolute atomic E-state index is 11.0. The van der Waals surface area contributed by atoms with Crippen LogP contribution < -0.4 is 0 Å². The monoisotopic (exact) mass is 214 g/mol. The van der Waals surface area contributed by atoms with Gasteiger partial charge in [-0.25, -0.2) is 9.59 Å². The van der Waals surface area contributed by atoms with E-state index in [1.54, 1.807) is 13.8 Å². The van der Waals surface area contributed by atoms with Gasteiger partial charge in [0.1, 0.15) is 0 Å². The van der Waals surface area contributed by atoms with E-state index in [1.165, 1.54) is 6.08 Å². The van der Waals surface area contributed by atoms with Crippen molar-refractivity contribution in [1.82, 2.24) is 0 Å². The minimum absolute atomic E-state index is 0.0673. The highest BCUT2D eigenvalue weighted by Crippen LogP contribution is 2.02. The molecule has 5 heteroatoms. The maximum atomic E-state index is 11.0. The van der Waals surface area contributed by atoms with Gasteiger partial charge in [0.2, 0.25) is 11.5 Å². The summed E-state index contributed by atoms with van der Waals surface area (Å²) in [5.74, 6) is -3.67. The quantitative estimate of drug-likeness (QED) is 0.312. The fourth-order valence-corrected chi connectivity index (χ4v) is 0.844. The summed E-state index contributed by atoms with van der Waals surface area (Å²) in [6.45, 7) is 3.44. The molecular weight excluding hydrogens is 200 g/mol. The number of ketones is 1. The molecule has 0 aromatic heterocycles. The highest BCUT2D eigenvalue weighted by molar-refractivity contribution is 6.34. The normalized spacial score (nSPS) is 10.9. The van der Waals surface area contributed by atoms with Gasteiger partial charge in [-0.2, -0.15) is 0 Å². The van der Waals surface area contributed by atoms with E-state index < -0.39 is 23.5 Å². The number of Topliss-reactive ketones (excluding diaryl/α,β-unsaturated/α-hetero) is 1. The van der Waals surface area contributed by atoms with E-state index >= 15 is 0 Å². The molecule has 5 nitrogen and oxygen atoms in total. The summed E-state index contributed by atoms with van der Waals surface area (Å²) in [5.41, 5.74) is 0. The van der Waals surface area contributed by atoms with Crippen LogP contribution in [0.2, 0.25) is 0 Å². The lowest BCUT2D eigenvalue weighted by molar-refractivity contribution is -0.154. The highest BCUT2D eigenvalue weighted by Gasteiger charge is 2.19. The van der Waals surface area contributed by atoms with Gasteiger partial charge in [0.05, 0.1) is 0 Å². The van der Waals surface area contributed by atoms with E-state index in [-0.39, 0.29) is 6.42 Å². The Morgan fingerprint density at radius 2 is 1.87 bits per heavy atom. The van der Waals surface area contributed by atoms with Crippen LogP contribution in [0.4, 0.5) is 0 Å². The second-order valence-corrected chi connectivity index (χ2v) is 2.84. The first-order valence-corrected chi connectivity index (χ1v) is 4.71. The number of aliphatic carboxylic acids is 1. The minimum atomic E-state index is -1.35. The SMILES string of the molecule is CCC=C(OC(=O)C(=O)CCC)C(=O)O. The van der Waals surface area contributed by atoms with E-state index in [4.69, 9.17) is 5.11 Å². The Kier molecular flexibility index (Phi) is 6.01. The van der Waals surface area contributed by atoms with E-state index in [0.29, 0.717) is 12.8 Å². The van der Waals surface area contributed by atoms with Crippen LogP contribution in [0.25, 0.3) is 0 Å². The molecule has 0 aromatic rings. The summed E-state index contributed by atoms with van der Waals surface area (Å²) in [4.78, 5) is 32.6. The van der Waals surface area contributed by atoms with Gasteiger partial charge >= 0.3 is 11.9 Å².